The first kappa shape index (κ1) is 9.76. The van der Waals surface area contributed by atoms with Crippen LogP contribution in [-0.4, -0.2) is 10.0 Å². The van der Waals surface area contributed by atoms with Crippen LogP contribution >= 0.6 is 11.6 Å². The van der Waals surface area contributed by atoms with Crippen LogP contribution in [0.5, 0.6) is 5.75 Å². The Bertz CT molecular complexity index is 354. The number of benzene rings is 1. The van der Waals surface area contributed by atoms with Gasteiger partial charge in [-0.1, -0.05) is 11.6 Å². The number of nitrogens with zero attached hydrogens (tertiary/aromatic N) is 1. The van der Waals surface area contributed by atoms with Gasteiger partial charge in [-0.3, -0.25) is 10.1 Å². The standard InChI is InChI=1S/C7H7ClN2O3/c8-7-5(10(12)13)1-4(3-9)2-6(7)11/h1-2,11H,3,9H2. The summed E-state index contributed by atoms with van der Waals surface area (Å²) in [5.41, 5.74) is 5.40. The Morgan fingerprint density at radius 3 is 2.69 bits per heavy atom. The molecule has 0 atom stereocenters. The van der Waals surface area contributed by atoms with E-state index in [2.05, 4.69) is 0 Å². The first-order chi connectivity index (χ1) is 6.06. The van der Waals surface area contributed by atoms with E-state index in [0.717, 1.165) is 0 Å². The van der Waals surface area contributed by atoms with E-state index in [0.29, 0.717) is 5.56 Å². The molecule has 0 unspecified atom stereocenters. The van der Waals surface area contributed by atoms with E-state index in [4.69, 9.17) is 22.4 Å². The molecule has 1 aromatic rings. The zero-order chi connectivity index (χ0) is 10.0. The van der Waals surface area contributed by atoms with Crippen molar-refractivity contribution in [1.82, 2.24) is 0 Å². The highest BCUT2D eigenvalue weighted by molar-refractivity contribution is 6.34. The van der Waals surface area contributed by atoms with Gasteiger partial charge in [0.05, 0.1) is 4.92 Å². The summed E-state index contributed by atoms with van der Waals surface area (Å²) in [5, 5.41) is 19.3. The highest BCUT2D eigenvalue weighted by Gasteiger charge is 2.16. The van der Waals surface area contributed by atoms with Gasteiger partial charge < -0.3 is 10.8 Å². The third-order valence-corrected chi connectivity index (χ3v) is 1.91. The lowest BCUT2D eigenvalue weighted by atomic mass is 10.2. The van der Waals surface area contributed by atoms with Gasteiger partial charge in [-0.2, -0.15) is 0 Å². The van der Waals surface area contributed by atoms with Crippen molar-refractivity contribution in [3.8, 4) is 5.75 Å². The summed E-state index contributed by atoms with van der Waals surface area (Å²) in [6.45, 7) is 0.117. The van der Waals surface area contributed by atoms with Crippen molar-refractivity contribution in [2.24, 2.45) is 5.73 Å². The number of nitro benzene ring substituents is 1. The molecular formula is C7H7ClN2O3. The summed E-state index contributed by atoms with van der Waals surface area (Å²) in [5.74, 6) is -0.323. The summed E-state index contributed by atoms with van der Waals surface area (Å²) in [4.78, 5) is 9.75. The third-order valence-electron chi connectivity index (χ3n) is 1.53. The Kier molecular flexibility index (Phi) is 2.69. The van der Waals surface area contributed by atoms with Gasteiger partial charge in [-0.15, -0.1) is 0 Å². The van der Waals surface area contributed by atoms with Crippen LogP contribution in [0.15, 0.2) is 12.1 Å². The number of aromatic hydroxyl groups is 1. The molecule has 5 nitrogen and oxygen atoms in total. The second-order valence-corrected chi connectivity index (χ2v) is 2.79. The quantitative estimate of drug-likeness (QED) is 0.561. The molecule has 0 heterocycles. The Balaban J connectivity index is 3.33. The molecule has 0 saturated heterocycles. The predicted octanol–water partition coefficient (Wildman–Crippen LogP) is 1.41. The number of hydrogen-bond acceptors (Lipinski definition) is 4. The minimum atomic E-state index is -0.665. The number of rotatable bonds is 2. The molecule has 70 valence electrons. The highest BCUT2D eigenvalue weighted by Crippen LogP contribution is 2.33. The molecule has 1 aromatic carbocycles. The van der Waals surface area contributed by atoms with Crippen molar-refractivity contribution in [1.29, 1.82) is 0 Å². The van der Waals surface area contributed by atoms with Crippen molar-refractivity contribution in [3.05, 3.63) is 32.8 Å². The Morgan fingerprint density at radius 2 is 2.23 bits per heavy atom. The van der Waals surface area contributed by atoms with Crippen LogP contribution in [-0.2, 0) is 6.54 Å². The maximum Gasteiger partial charge on any atom is 0.292 e. The fraction of sp³-hybridized carbons (Fsp3) is 0.143. The van der Waals surface area contributed by atoms with Crippen LogP contribution in [0.2, 0.25) is 5.02 Å². The smallest absolute Gasteiger partial charge is 0.292 e. The summed E-state index contributed by atoms with van der Waals surface area (Å²) < 4.78 is 0. The lowest BCUT2D eigenvalue weighted by Gasteiger charge is -2.01. The molecule has 0 radical (unpaired) electrons. The van der Waals surface area contributed by atoms with Gasteiger partial charge in [0.15, 0.2) is 5.02 Å². The Hall–Kier alpha value is -1.33. The summed E-state index contributed by atoms with van der Waals surface area (Å²) in [6.07, 6.45) is 0. The van der Waals surface area contributed by atoms with Crippen LogP contribution in [0.1, 0.15) is 5.56 Å². The van der Waals surface area contributed by atoms with Crippen LogP contribution in [0.3, 0.4) is 0 Å². The highest BCUT2D eigenvalue weighted by atomic mass is 35.5. The molecule has 0 aliphatic carbocycles. The van der Waals surface area contributed by atoms with Gasteiger partial charge in [-0.25, -0.2) is 0 Å². The zero-order valence-corrected chi connectivity index (χ0v) is 7.28. The average Bonchev–Trinajstić information content (AvgIpc) is 2.09. The third kappa shape index (κ3) is 1.88. The maximum atomic E-state index is 10.4. The van der Waals surface area contributed by atoms with E-state index in [-0.39, 0.29) is 23.0 Å². The van der Waals surface area contributed by atoms with Crippen molar-refractivity contribution < 1.29 is 10.0 Å². The van der Waals surface area contributed by atoms with Gasteiger partial charge in [0.25, 0.3) is 5.69 Å². The lowest BCUT2D eigenvalue weighted by Crippen LogP contribution is -1.98. The molecule has 0 bridgehead atoms. The van der Waals surface area contributed by atoms with Crippen LogP contribution in [0.25, 0.3) is 0 Å². The molecule has 0 amide bonds. The number of nitrogens with two attached hydrogens (primary N) is 1. The molecule has 0 saturated carbocycles. The first-order valence-corrected chi connectivity index (χ1v) is 3.80. The number of phenols is 1. The van der Waals surface area contributed by atoms with Crippen LogP contribution in [0.4, 0.5) is 5.69 Å². The van der Waals surface area contributed by atoms with E-state index < -0.39 is 4.92 Å². The number of phenolic OH excluding ortho intramolecular Hbond substituents is 1. The minimum absolute atomic E-state index is 0.117. The lowest BCUT2D eigenvalue weighted by molar-refractivity contribution is -0.384. The fourth-order valence-electron chi connectivity index (χ4n) is 0.902. The van der Waals surface area contributed by atoms with E-state index >= 15 is 0 Å². The second kappa shape index (κ2) is 3.59. The monoisotopic (exact) mass is 202 g/mol. The molecule has 3 N–H and O–H groups in total. The summed E-state index contributed by atoms with van der Waals surface area (Å²) in [6, 6.07) is 2.54. The SMILES string of the molecule is NCc1cc(O)c(Cl)c([N+](=O)[O-])c1. The fourth-order valence-corrected chi connectivity index (χ4v) is 1.08. The number of halogens is 1. The van der Waals surface area contributed by atoms with E-state index in [9.17, 15) is 10.1 Å². The first-order valence-electron chi connectivity index (χ1n) is 3.42. The molecule has 0 fully saturated rings. The topological polar surface area (TPSA) is 89.4 Å². The van der Waals surface area contributed by atoms with Crippen molar-refractivity contribution in [2.45, 2.75) is 6.54 Å². The van der Waals surface area contributed by atoms with E-state index in [1.807, 2.05) is 0 Å². The second-order valence-electron chi connectivity index (χ2n) is 2.41. The van der Waals surface area contributed by atoms with Crippen LogP contribution in [0, 0.1) is 10.1 Å². The molecule has 1 rings (SSSR count). The van der Waals surface area contributed by atoms with Gasteiger partial charge in [0.2, 0.25) is 0 Å². The average molecular weight is 203 g/mol. The number of nitro groups is 1. The predicted molar refractivity (Wildman–Crippen MR) is 47.7 cm³/mol. The van der Waals surface area contributed by atoms with Gasteiger partial charge in [0.1, 0.15) is 5.75 Å². The largest absolute Gasteiger partial charge is 0.506 e. The molecular weight excluding hydrogens is 196 g/mol. The van der Waals surface area contributed by atoms with E-state index in [1.54, 1.807) is 0 Å². The summed E-state index contributed by atoms with van der Waals surface area (Å²) >= 11 is 5.48. The Labute approximate surface area is 78.9 Å². The van der Waals surface area contributed by atoms with Gasteiger partial charge in [0, 0.05) is 12.6 Å². The number of hydrogen-bond donors (Lipinski definition) is 2. The minimum Gasteiger partial charge on any atom is -0.506 e. The maximum absolute atomic E-state index is 10.4. The van der Waals surface area contributed by atoms with Crippen molar-refractivity contribution >= 4 is 17.3 Å². The van der Waals surface area contributed by atoms with Crippen LogP contribution < -0.4 is 5.73 Å². The summed E-state index contributed by atoms with van der Waals surface area (Å²) in [7, 11) is 0. The molecule has 6 heteroatoms. The van der Waals surface area contributed by atoms with Crippen molar-refractivity contribution in [3.63, 3.8) is 0 Å². The normalized spacial score (nSPS) is 10.0. The molecule has 0 aromatic heterocycles. The molecule has 0 aliphatic rings. The molecule has 0 spiro atoms. The molecule has 13 heavy (non-hydrogen) atoms. The van der Waals surface area contributed by atoms with Gasteiger partial charge in [-0.05, 0) is 11.6 Å². The van der Waals surface area contributed by atoms with Gasteiger partial charge >= 0.3 is 0 Å². The van der Waals surface area contributed by atoms with E-state index in [1.165, 1.54) is 12.1 Å². The Morgan fingerprint density at radius 1 is 1.62 bits per heavy atom. The van der Waals surface area contributed by atoms with Crippen molar-refractivity contribution in [2.75, 3.05) is 0 Å². The molecule has 0 aliphatic heterocycles. The zero-order valence-electron chi connectivity index (χ0n) is 6.53.